The Balaban J connectivity index is 0.00000208. The van der Waals surface area contributed by atoms with Gasteiger partial charge in [0.15, 0.2) is 5.13 Å². The second-order valence-corrected chi connectivity index (χ2v) is 6.91. The van der Waals surface area contributed by atoms with Crippen molar-refractivity contribution in [1.82, 2.24) is 10.3 Å². The van der Waals surface area contributed by atoms with Crippen molar-refractivity contribution in [3.8, 4) is 0 Å². The molecule has 24 heavy (non-hydrogen) atoms. The van der Waals surface area contributed by atoms with Crippen LogP contribution in [0, 0.1) is 18.7 Å². The minimum Gasteiger partial charge on any atom is -0.316 e. The average Bonchev–Trinajstić information content (AvgIpc) is 2.90. The summed E-state index contributed by atoms with van der Waals surface area (Å²) in [5, 5.41) is 6.75. The number of benzene rings is 1. The molecule has 0 radical (unpaired) electrons. The number of aryl methyl sites for hydroxylation is 1. The highest BCUT2D eigenvalue weighted by Crippen LogP contribution is 2.26. The van der Waals surface area contributed by atoms with Gasteiger partial charge in [-0.15, -0.1) is 23.7 Å². The van der Waals surface area contributed by atoms with Gasteiger partial charge in [0.05, 0.1) is 11.6 Å². The highest BCUT2D eigenvalue weighted by Gasteiger charge is 2.22. The summed E-state index contributed by atoms with van der Waals surface area (Å²) in [5.41, 5.74) is 1.49. The number of hydrogen-bond acceptors (Lipinski definition) is 4. The zero-order chi connectivity index (χ0) is 16.2. The predicted octanol–water partition coefficient (Wildman–Crippen LogP) is 3.54. The van der Waals surface area contributed by atoms with Gasteiger partial charge in [-0.25, -0.2) is 9.37 Å². The van der Waals surface area contributed by atoms with Gasteiger partial charge in [0.1, 0.15) is 5.82 Å². The summed E-state index contributed by atoms with van der Waals surface area (Å²) >= 11 is 1.43. The number of anilines is 1. The lowest BCUT2D eigenvalue weighted by Gasteiger charge is -2.21. The minimum absolute atomic E-state index is 0. The Labute approximate surface area is 151 Å². The molecule has 0 bridgehead atoms. The molecule has 2 aromatic rings. The van der Waals surface area contributed by atoms with Gasteiger partial charge in [-0.2, -0.15) is 0 Å². The lowest BCUT2D eigenvalue weighted by Crippen LogP contribution is -2.37. The molecule has 130 valence electrons. The predicted molar refractivity (Wildman–Crippen MR) is 97.5 cm³/mol. The topological polar surface area (TPSA) is 54.0 Å². The summed E-state index contributed by atoms with van der Waals surface area (Å²) in [6, 6.07) is 6.75. The van der Waals surface area contributed by atoms with E-state index in [1.165, 1.54) is 17.4 Å². The Hall–Kier alpha value is -1.50. The van der Waals surface area contributed by atoms with Crippen LogP contribution in [0.2, 0.25) is 0 Å². The number of piperidine rings is 1. The van der Waals surface area contributed by atoms with Gasteiger partial charge >= 0.3 is 0 Å². The molecule has 4 nitrogen and oxygen atoms in total. The third-order valence-electron chi connectivity index (χ3n) is 4.10. The third-order valence-corrected chi connectivity index (χ3v) is 5.17. The van der Waals surface area contributed by atoms with E-state index in [1.54, 1.807) is 12.1 Å². The molecule has 0 spiro atoms. The summed E-state index contributed by atoms with van der Waals surface area (Å²) in [5.74, 6) is -0.189. The molecule has 1 aliphatic rings. The zero-order valence-electron chi connectivity index (χ0n) is 13.5. The number of amides is 1. The molecule has 2 N–H and O–H groups in total. The zero-order valence-corrected chi connectivity index (χ0v) is 15.1. The van der Waals surface area contributed by atoms with Crippen LogP contribution < -0.4 is 10.6 Å². The minimum atomic E-state index is -0.209. The summed E-state index contributed by atoms with van der Waals surface area (Å²) in [6.45, 7) is 3.59. The fourth-order valence-corrected chi connectivity index (χ4v) is 3.73. The first-order chi connectivity index (χ1) is 11.1. The van der Waals surface area contributed by atoms with Gasteiger partial charge in [-0.3, -0.25) is 4.79 Å². The Bertz CT molecular complexity index is 701. The van der Waals surface area contributed by atoms with E-state index >= 15 is 0 Å². The maximum Gasteiger partial charge on any atom is 0.230 e. The molecule has 1 amide bonds. The fourth-order valence-electron chi connectivity index (χ4n) is 2.74. The Kier molecular flexibility index (Phi) is 6.71. The number of carbonyl (C=O) groups is 1. The molecule has 3 rings (SSSR count). The van der Waals surface area contributed by atoms with Gasteiger partial charge in [0.25, 0.3) is 0 Å². The van der Waals surface area contributed by atoms with E-state index in [1.807, 2.05) is 13.0 Å². The third kappa shape index (κ3) is 4.53. The van der Waals surface area contributed by atoms with Gasteiger partial charge < -0.3 is 10.6 Å². The molecule has 1 aliphatic heterocycles. The lowest BCUT2D eigenvalue weighted by molar-refractivity contribution is -0.120. The number of rotatable bonds is 4. The summed E-state index contributed by atoms with van der Waals surface area (Å²) in [4.78, 5) is 17.6. The molecular formula is C17H21ClFN3OS. The number of nitrogens with zero attached hydrogens (tertiary/aromatic N) is 1. The second kappa shape index (κ2) is 8.55. The molecule has 1 aromatic carbocycles. The van der Waals surface area contributed by atoms with E-state index in [-0.39, 0.29) is 30.0 Å². The van der Waals surface area contributed by atoms with Crippen LogP contribution in [0.1, 0.15) is 29.0 Å². The number of halogens is 2. The van der Waals surface area contributed by atoms with Gasteiger partial charge in [-0.1, -0.05) is 18.2 Å². The van der Waals surface area contributed by atoms with Crippen LogP contribution in [-0.4, -0.2) is 24.0 Å². The van der Waals surface area contributed by atoms with Crippen molar-refractivity contribution >= 4 is 34.8 Å². The van der Waals surface area contributed by atoms with Gasteiger partial charge in [0.2, 0.25) is 5.91 Å². The molecule has 7 heteroatoms. The highest BCUT2D eigenvalue weighted by atomic mass is 35.5. The first-order valence-corrected chi connectivity index (χ1v) is 8.66. The number of thiazole rings is 1. The summed E-state index contributed by atoms with van der Waals surface area (Å²) < 4.78 is 13.8. The van der Waals surface area contributed by atoms with Crippen molar-refractivity contribution in [2.75, 3.05) is 18.4 Å². The number of nitrogens with one attached hydrogen (secondary N) is 2. The quantitative estimate of drug-likeness (QED) is 0.866. The van der Waals surface area contributed by atoms with Crippen LogP contribution in [0.25, 0.3) is 0 Å². The van der Waals surface area contributed by atoms with Crippen LogP contribution in [-0.2, 0) is 11.2 Å². The Morgan fingerprint density at radius 1 is 1.46 bits per heavy atom. The number of carbonyl (C=O) groups excluding carboxylic acids is 1. The molecule has 1 aromatic heterocycles. The first-order valence-electron chi connectivity index (χ1n) is 7.85. The van der Waals surface area contributed by atoms with E-state index in [9.17, 15) is 9.18 Å². The molecule has 1 atom stereocenters. The van der Waals surface area contributed by atoms with Gasteiger partial charge in [-0.05, 0) is 37.9 Å². The summed E-state index contributed by atoms with van der Waals surface area (Å²) in [6.07, 6.45) is 2.43. The average molecular weight is 370 g/mol. The van der Waals surface area contributed by atoms with E-state index in [0.717, 1.165) is 36.5 Å². The summed E-state index contributed by atoms with van der Waals surface area (Å²) in [7, 11) is 0. The molecule has 1 saturated heterocycles. The smallest absolute Gasteiger partial charge is 0.230 e. The van der Waals surface area contributed by atoms with Crippen molar-refractivity contribution in [2.45, 2.75) is 26.2 Å². The van der Waals surface area contributed by atoms with Crippen molar-refractivity contribution in [3.63, 3.8) is 0 Å². The molecule has 0 saturated carbocycles. The van der Waals surface area contributed by atoms with Crippen LogP contribution >= 0.6 is 23.7 Å². The maximum absolute atomic E-state index is 13.8. The lowest BCUT2D eigenvalue weighted by atomic mass is 9.99. The molecule has 0 aliphatic carbocycles. The van der Waals surface area contributed by atoms with E-state index < -0.39 is 0 Å². The second-order valence-electron chi connectivity index (χ2n) is 5.83. The van der Waals surface area contributed by atoms with E-state index in [2.05, 4.69) is 15.6 Å². The first kappa shape index (κ1) is 18.8. The van der Waals surface area contributed by atoms with Gasteiger partial charge in [0, 0.05) is 17.8 Å². The Morgan fingerprint density at radius 3 is 2.96 bits per heavy atom. The van der Waals surface area contributed by atoms with Crippen molar-refractivity contribution in [2.24, 2.45) is 5.92 Å². The normalized spacial score (nSPS) is 17.2. The highest BCUT2D eigenvalue weighted by molar-refractivity contribution is 7.15. The van der Waals surface area contributed by atoms with Crippen LogP contribution in [0.3, 0.4) is 0 Å². The molecule has 1 fully saturated rings. The largest absolute Gasteiger partial charge is 0.316 e. The number of aromatic nitrogens is 1. The monoisotopic (exact) mass is 369 g/mol. The number of hydrogen-bond donors (Lipinski definition) is 2. The standard InChI is InChI=1S/C17H20FN3OS.ClH/c1-11-15(9-12-5-2-3-7-14(12)18)23-17(20-11)21-16(22)13-6-4-8-19-10-13;/h2-3,5,7,13,19H,4,6,8-10H2,1H3,(H,20,21,22);1H. The van der Waals surface area contributed by atoms with E-state index in [0.29, 0.717) is 17.1 Å². The molecule has 2 heterocycles. The molecular weight excluding hydrogens is 349 g/mol. The maximum atomic E-state index is 13.8. The van der Waals surface area contributed by atoms with Crippen LogP contribution in [0.4, 0.5) is 9.52 Å². The van der Waals surface area contributed by atoms with Crippen molar-refractivity contribution < 1.29 is 9.18 Å². The van der Waals surface area contributed by atoms with Crippen molar-refractivity contribution in [1.29, 1.82) is 0 Å². The van der Waals surface area contributed by atoms with Crippen LogP contribution in [0.15, 0.2) is 24.3 Å². The SMILES string of the molecule is Cc1nc(NC(=O)C2CCCNC2)sc1Cc1ccccc1F.Cl. The van der Waals surface area contributed by atoms with Crippen LogP contribution in [0.5, 0.6) is 0 Å². The van der Waals surface area contributed by atoms with Crippen molar-refractivity contribution in [3.05, 3.63) is 46.2 Å². The fraction of sp³-hybridized carbons (Fsp3) is 0.412. The Morgan fingerprint density at radius 2 is 2.25 bits per heavy atom. The van der Waals surface area contributed by atoms with E-state index in [4.69, 9.17) is 0 Å². The molecule has 1 unspecified atom stereocenters.